The van der Waals surface area contributed by atoms with Crippen molar-refractivity contribution >= 4 is 17.4 Å². The van der Waals surface area contributed by atoms with Gasteiger partial charge in [0.2, 0.25) is 5.91 Å². The van der Waals surface area contributed by atoms with Gasteiger partial charge >= 0.3 is 0 Å². The third kappa shape index (κ3) is 3.97. The lowest BCUT2D eigenvalue weighted by atomic mass is 10.0. The number of carbonyl (C=O) groups excluding carboxylic acids is 1. The van der Waals surface area contributed by atoms with Crippen molar-refractivity contribution < 1.29 is 10.0 Å². The van der Waals surface area contributed by atoms with E-state index in [1.54, 1.807) is 36.2 Å². The van der Waals surface area contributed by atoms with Gasteiger partial charge in [0.15, 0.2) is 5.84 Å². The number of carbonyl (C=O) groups is 1. The molecule has 3 N–H and O–H groups in total. The van der Waals surface area contributed by atoms with E-state index in [0.29, 0.717) is 12.0 Å². The number of amidine groups is 1. The summed E-state index contributed by atoms with van der Waals surface area (Å²) in [5, 5.41) is 11.6. The van der Waals surface area contributed by atoms with Crippen LogP contribution in [0.5, 0.6) is 0 Å². The van der Waals surface area contributed by atoms with Gasteiger partial charge in [-0.3, -0.25) is 4.79 Å². The summed E-state index contributed by atoms with van der Waals surface area (Å²) in [4.78, 5) is 13.9. The molecule has 0 atom stereocenters. The van der Waals surface area contributed by atoms with Crippen LogP contribution in [-0.4, -0.2) is 24.0 Å². The summed E-state index contributed by atoms with van der Waals surface area (Å²) in [5.41, 5.74) is 6.97. The standard InChI is InChI=1S/C16H23N3O2/c1-19(15(20)11-6-12-4-2-3-5-12)14-9-7-13(8-10-14)16(17)18-21/h7-10,12,21H,2-6,11H2,1H3,(H2,17,18). The summed E-state index contributed by atoms with van der Waals surface area (Å²) >= 11 is 0. The molecular formula is C16H23N3O2. The molecule has 21 heavy (non-hydrogen) atoms. The van der Waals surface area contributed by atoms with Crippen LogP contribution < -0.4 is 10.6 Å². The Kier molecular flexibility index (Phi) is 5.20. The molecule has 0 aliphatic heterocycles. The van der Waals surface area contributed by atoms with Gasteiger partial charge in [-0.25, -0.2) is 0 Å². The Morgan fingerprint density at radius 3 is 2.52 bits per heavy atom. The molecule has 5 nitrogen and oxygen atoms in total. The van der Waals surface area contributed by atoms with Crippen LogP contribution in [0.1, 0.15) is 44.1 Å². The van der Waals surface area contributed by atoms with Gasteiger partial charge in [0.05, 0.1) is 0 Å². The van der Waals surface area contributed by atoms with Crippen LogP contribution in [0.25, 0.3) is 0 Å². The number of nitrogens with zero attached hydrogens (tertiary/aromatic N) is 2. The molecule has 1 saturated carbocycles. The van der Waals surface area contributed by atoms with Gasteiger partial charge in [-0.2, -0.15) is 0 Å². The molecule has 5 heteroatoms. The van der Waals surface area contributed by atoms with Crippen molar-refractivity contribution in [3.8, 4) is 0 Å². The smallest absolute Gasteiger partial charge is 0.226 e. The van der Waals surface area contributed by atoms with E-state index in [0.717, 1.165) is 18.0 Å². The van der Waals surface area contributed by atoms with Gasteiger partial charge < -0.3 is 15.8 Å². The maximum absolute atomic E-state index is 12.2. The Hall–Kier alpha value is -2.04. The van der Waals surface area contributed by atoms with Crippen LogP contribution in [0.4, 0.5) is 5.69 Å². The van der Waals surface area contributed by atoms with E-state index < -0.39 is 0 Å². The van der Waals surface area contributed by atoms with Crippen LogP contribution in [-0.2, 0) is 4.79 Å². The predicted molar refractivity (Wildman–Crippen MR) is 83.6 cm³/mol. The minimum atomic E-state index is 0.0664. The lowest BCUT2D eigenvalue weighted by Gasteiger charge is -2.18. The normalized spacial score (nSPS) is 16.1. The number of nitrogens with two attached hydrogens (primary N) is 1. The minimum Gasteiger partial charge on any atom is -0.409 e. The highest BCUT2D eigenvalue weighted by atomic mass is 16.4. The maximum Gasteiger partial charge on any atom is 0.226 e. The second kappa shape index (κ2) is 7.11. The van der Waals surface area contributed by atoms with E-state index in [1.165, 1.54) is 25.7 Å². The van der Waals surface area contributed by atoms with E-state index in [9.17, 15) is 4.79 Å². The van der Waals surface area contributed by atoms with E-state index in [2.05, 4.69) is 5.16 Å². The average Bonchev–Trinajstić information content (AvgIpc) is 3.04. The first kappa shape index (κ1) is 15.4. The quantitative estimate of drug-likeness (QED) is 0.378. The minimum absolute atomic E-state index is 0.0664. The molecule has 1 aliphatic carbocycles. The number of hydrogen-bond acceptors (Lipinski definition) is 3. The second-order valence-corrected chi connectivity index (χ2v) is 5.67. The fourth-order valence-electron chi connectivity index (χ4n) is 2.85. The number of benzene rings is 1. The van der Waals surface area contributed by atoms with Gasteiger partial charge in [0.25, 0.3) is 0 Å². The highest BCUT2D eigenvalue weighted by Crippen LogP contribution is 2.29. The predicted octanol–water partition coefficient (Wildman–Crippen LogP) is 2.71. The Balaban J connectivity index is 1.92. The molecule has 1 aromatic rings. The molecule has 1 fully saturated rings. The van der Waals surface area contributed by atoms with E-state index in [4.69, 9.17) is 10.9 Å². The van der Waals surface area contributed by atoms with E-state index in [-0.39, 0.29) is 11.7 Å². The summed E-state index contributed by atoms with van der Waals surface area (Å²) in [6, 6.07) is 7.10. The lowest BCUT2D eigenvalue weighted by Crippen LogP contribution is -2.26. The molecule has 0 unspecified atom stereocenters. The molecule has 1 aliphatic rings. The van der Waals surface area contributed by atoms with Gasteiger partial charge in [-0.15, -0.1) is 0 Å². The maximum atomic E-state index is 12.2. The summed E-state index contributed by atoms with van der Waals surface area (Å²) in [5.74, 6) is 0.931. The SMILES string of the molecule is CN(C(=O)CCC1CCCC1)c1ccc(C(N)=NO)cc1. The Labute approximate surface area is 125 Å². The third-order valence-corrected chi connectivity index (χ3v) is 4.27. The van der Waals surface area contributed by atoms with Crippen molar-refractivity contribution in [1.82, 2.24) is 0 Å². The first-order chi connectivity index (χ1) is 10.1. The first-order valence-corrected chi connectivity index (χ1v) is 7.46. The molecule has 0 aromatic heterocycles. The van der Waals surface area contributed by atoms with Crippen LogP contribution in [0.15, 0.2) is 29.4 Å². The Bertz CT molecular complexity index is 505. The summed E-state index contributed by atoms with van der Waals surface area (Å²) < 4.78 is 0. The largest absolute Gasteiger partial charge is 0.409 e. The second-order valence-electron chi connectivity index (χ2n) is 5.67. The number of rotatable bonds is 5. The number of amides is 1. The van der Waals surface area contributed by atoms with Crippen molar-refractivity contribution in [2.24, 2.45) is 16.8 Å². The molecule has 0 heterocycles. The van der Waals surface area contributed by atoms with Crippen molar-refractivity contribution in [1.29, 1.82) is 0 Å². The van der Waals surface area contributed by atoms with Gasteiger partial charge in [-0.05, 0) is 36.6 Å². The zero-order valence-corrected chi connectivity index (χ0v) is 12.5. The van der Waals surface area contributed by atoms with Crippen LogP contribution in [0, 0.1) is 5.92 Å². The molecule has 0 saturated heterocycles. The number of anilines is 1. The molecule has 114 valence electrons. The van der Waals surface area contributed by atoms with Gasteiger partial charge in [0.1, 0.15) is 0 Å². The Morgan fingerprint density at radius 2 is 1.95 bits per heavy atom. The number of hydrogen-bond donors (Lipinski definition) is 2. The fraction of sp³-hybridized carbons (Fsp3) is 0.500. The van der Waals surface area contributed by atoms with Crippen molar-refractivity contribution in [3.05, 3.63) is 29.8 Å². The fourth-order valence-corrected chi connectivity index (χ4v) is 2.85. The molecule has 0 radical (unpaired) electrons. The summed E-state index contributed by atoms with van der Waals surface area (Å²) in [7, 11) is 1.79. The lowest BCUT2D eigenvalue weighted by molar-refractivity contribution is -0.118. The number of oxime groups is 1. The molecule has 0 spiro atoms. The van der Waals surface area contributed by atoms with E-state index >= 15 is 0 Å². The summed E-state index contributed by atoms with van der Waals surface area (Å²) in [6.07, 6.45) is 6.75. The average molecular weight is 289 g/mol. The summed E-state index contributed by atoms with van der Waals surface area (Å²) in [6.45, 7) is 0. The zero-order valence-electron chi connectivity index (χ0n) is 12.5. The van der Waals surface area contributed by atoms with Gasteiger partial charge in [-0.1, -0.05) is 30.8 Å². The molecule has 0 bridgehead atoms. The third-order valence-electron chi connectivity index (χ3n) is 4.27. The molecule has 1 amide bonds. The molecular weight excluding hydrogens is 266 g/mol. The topological polar surface area (TPSA) is 78.9 Å². The van der Waals surface area contributed by atoms with Crippen molar-refractivity contribution in [2.45, 2.75) is 38.5 Å². The highest BCUT2D eigenvalue weighted by molar-refractivity contribution is 5.98. The molecule has 2 rings (SSSR count). The molecule has 1 aromatic carbocycles. The van der Waals surface area contributed by atoms with Crippen molar-refractivity contribution in [3.63, 3.8) is 0 Å². The zero-order chi connectivity index (χ0) is 15.2. The van der Waals surface area contributed by atoms with Gasteiger partial charge in [0, 0.05) is 24.7 Å². The first-order valence-electron chi connectivity index (χ1n) is 7.46. The van der Waals surface area contributed by atoms with Crippen LogP contribution >= 0.6 is 0 Å². The van der Waals surface area contributed by atoms with Crippen LogP contribution in [0.3, 0.4) is 0 Å². The monoisotopic (exact) mass is 289 g/mol. The highest BCUT2D eigenvalue weighted by Gasteiger charge is 2.18. The van der Waals surface area contributed by atoms with E-state index in [1.807, 2.05) is 0 Å². The van der Waals surface area contributed by atoms with Crippen LogP contribution in [0.2, 0.25) is 0 Å². The Morgan fingerprint density at radius 1 is 1.33 bits per heavy atom. The van der Waals surface area contributed by atoms with Crippen molar-refractivity contribution in [2.75, 3.05) is 11.9 Å².